The predicted molar refractivity (Wildman–Crippen MR) is 89.3 cm³/mol. The van der Waals surface area contributed by atoms with Crippen molar-refractivity contribution in [2.45, 2.75) is 46.5 Å². The minimum Gasteiger partial charge on any atom is -0.321 e. The molecular formula is C17H22N2OS. The third kappa shape index (κ3) is 3.91. The van der Waals surface area contributed by atoms with Gasteiger partial charge in [-0.3, -0.25) is 4.79 Å². The van der Waals surface area contributed by atoms with Crippen LogP contribution in [0.25, 0.3) is 0 Å². The molecule has 0 saturated heterocycles. The summed E-state index contributed by atoms with van der Waals surface area (Å²) in [4.78, 5) is 17.6. The third-order valence-electron chi connectivity index (χ3n) is 3.33. The Kier molecular flexibility index (Phi) is 5.12. The van der Waals surface area contributed by atoms with Gasteiger partial charge in [-0.1, -0.05) is 39.3 Å². The van der Waals surface area contributed by atoms with E-state index in [1.54, 1.807) is 0 Å². The second-order valence-corrected chi connectivity index (χ2v) is 6.69. The normalized spacial score (nSPS) is 10.9. The fourth-order valence-corrected chi connectivity index (χ4v) is 3.05. The summed E-state index contributed by atoms with van der Waals surface area (Å²) in [5.74, 6) is 0.441. The van der Waals surface area contributed by atoms with Gasteiger partial charge in [0.15, 0.2) is 0 Å². The molecule has 1 amide bonds. The van der Waals surface area contributed by atoms with Gasteiger partial charge in [0.2, 0.25) is 0 Å². The summed E-state index contributed by atoms with van der Waals surface area (Å²) in [7, 11) is 0. The topological polar surface area (TPSA) is 42.0 Å². The predicted octanol–water partition coefficient (Wildman–Crippen LogP) is 4.78. The first-order chi connectivity index (χ1) is 10.0. The number of hydrogen-bond acceptors (Lipinski definition) is 3. The zero-order valence-corrected chi connectivity index (χ0v) is 13.9. The largest absolute Gasteiger partial charge is 0.321 e. The highest BCUT2D eigenvalue weighted by atomic mass is 32.1. The molecule has 0 radical (unpaired) electrons. The van der Waals surface area contributed by atoms with Crippen molar-refractivity contribution in [3.05, 3.63) is 45.4 Å². The Hall–Kier alpha value is -1.68. The second kappa shape index (κ2) is 6.85. The summed E-state index contributed by atoms with van der Waals surface area (Å²) >= 11 is 1.47. The Balaban J connectivity index is 2.14. The van der Waals surface area contributed by atoms with Crippen LogP contribution in [0.4, 0.5) is 5.69 Å². The highest BCUT2D eigenvalue weighted by Crippen LogP contribution is 2.22. The molecule has 1 aromatic carbocycles. The van der Waals surface area contributed by atoms with Gasteiger partial charge in [-0.25, -0.2) is 4.98 Å². The van der Waals surface area contributed by atoms with Crippen molar-refractivity contribution >= 4 is 22.9 Å². The Morgan fingerprint density at radius 2 is 1.95 bits per heavy atom. The van der Waals surface area contributed by atoms with E-state index in [1.165, 1.54) is 16.9 Å². The van der Waals surface area contributed by atoms with Gasteiger partial charge in [-0.2, -0.15) is 0 Å². The number of amides is 1. The van der Waals surface area contributed by atoms with Crippen molar-refractivity contribution in [3.63, 3.8) is 0 Å². The van der Waals surface area contributed by atoms with Gasteiger partial charge in [-0.05, 0) is 37.0 Å². The van der Waals surface area contributed by atoms with E-state index < -0.39 is 0 Å². The molecule has 3 nitrogen and oxygen atoms in total. The zero-order valence-electron chi connectivity index (χ0n) is 13.1. The van der Waals surface area contributed by atoms with Gasteiger partial charge in [0.1, 0.15) is 4.88 Å². The van der Waals surface area contributed by atoms with Gasteiger partial charge in [0.25, 0.3) is 5.91 Å². The summed E-state index contributed by atoms with van der Waals surface area (Å²) in [5, 5.41) is 3.91. The monoisotopic (exact) mass is 302 g/mol. The van der Waals surface area contributed by atoms with E-state index in [0.717, 1.165) is 34.1 Å². The average molecular weight is 302 g/mol. The number of rotatable bonds is 5. The van der Waals surface area contributed by atoms with Crippen molar-refractivity contribution in [1.82, 2.24) is 4.98 Å². The fraction of sp³-hybridized carbons (Fsp3) is 0.412. The number of thiazole rings is 1. The van der Waals surface area contributed by atoms with E-state index in [4.69, 9.17) is 0 Å². The first-order valence-corrected chi connectivity index (χ1v) is 8.20. The molecule has 1 aromatic heterocycles. The standard InChI is InChI=1S/C17H22N2OS/c1-5-6-15-16(21-12(4)18-15)17(20)19-14-9-7-13(8-10-14)11(2)3/h7-11H,5-6H2,1-4H3,(H,19,20). The van der Waals surface area contributed by atoms with E-state index in [-0.39, 0.29) is 5.91 Å². The van der Waals surface area contributed by atoms with Crippen LogP contribution in [-0.4, -0.2) is 10.9 Å². The molecule has 0 bridgehead atoms. The molecule has 0 aliphatic carbocycles. The van der Waals surface area contributed by atoms with E-state index in [9.17, 15) is 4.79 Å². The third-order valence-corrected chi connectivity index (χ3v) is 4.34. The summed E-state index contributed by atoms with van der Waals surface area (Å²) in [6.45, 7) is 8.36. The number of aromatic nitrogens is 1. The summed E-state index contributed by atoms with van der Waals surface area (Å²) < 4.78 is 0. The van der Waals surface area contributed by atoms with Crippen LogP contribution in [0.1, 0.15) is 59.0 Å². The number of aryl methyl sites for hydroxylation is 2. The molecule has 0 atom stereocenters. The molecule has 0 saturated carbocycles. The highest BCUT2D eigenvalue weighted by molar-refractivity contribution is 7.13. The van der Waals surface area contributed by atoms with Gasteiger partial charge in [0.05, 0.1) is 10.7 Å². The SMILES string of the molecule is CCCc1nc(C)sc1C(=O)Nc1ccc(C(C)C)cc1. The summed E-state index contributed by atoms with van der Waals surface area (Å²) in [5.41, 5.74) is 3.02. The van der Waals surface area contributed by atoms with Gasteiger partial charge >= 0.3 is 0 Å². The maximum atomic E-state index is 12.4. The molecule has 0 spiro atoms. The van der Waals surface area contributed by atoms with Crippen LogP contribution in [0.2, 0.25) is 0 Å². The molecule has 0 unspecified atom stereocenters. The van der Waals surface area contributed by atoms with Crippen molar-refractivity contribution in [2.75, 3.05) is 5.32 Å². The first-order valence-electron chi connectivity index (χ1n) is 7.38. The molecular weight excluding hydrogens is 280 g/mol. The lowest BCUT2D eigenvalue weighted by Crippen LogP contribution is -2.12. The van der Waals surface area contributed by atoms with E-state index >= 15 is 0 Å². The molecule has 0 aliphatic heterocycles. The minimum atomic E-state index is -0.0543. The van der Waals surface area contributed by atoms with E-state index in [0.29, 0.717) is 5.92 Å². The van der Waals surface area contributed by atoms with Gasteiger partial charge in [-0.15, -0.1) is 11.3 Å². The number of benzene rings is 1. The molecule has 0 fully saturated rings. The van der Waals surface area contributed by atoms with Crippen LogP contribution >= 0.6 is 11.3 Å². The molecule has 2 aromatic rings. The molecule has 1 heterocycles. The molecule has 21 heavy (non-hydrogen) atoms. The highest BCUT2D eigenvalue weighted by Gasteiger charge is 2.16. The molecule has 2 rings (SSSR count). The van der Waals surface area contributed by atoms with Crippen LogP contribution in [0.5, 0.6) is 0 Å². The first kappa shape index (κ1) is 15.7. The maximum Gasteiger partial charge on any atom is 0.267 e. The molecule has 0 aliphatic rings. The lowest BCUT2D eigenvalue weighted by molar-refractivity contribution is 0.102. The Labute approximate surface area is 130 Å². The van der Waals surface area contributed by atoms with Crippen molar-refractivity contribution in [3.8, 4) is 0 Å². The second-order valence-electron chi connectivity index (χ2n) is 5.49. The van der Waals surface area contributed by atoms with Crippen molar-refractivity contribution in [1.29, 1.82) is 0 Å². The van der Waals surface area contributed by atoms with Crippen molar-refractivity contribution in [2.24, 2.45) is 0 Å². The lowest BCUT2D eigenvalue weighted by Gasteiger charge is -2.08. The van der Waals surface area contributed by atoms with Crippen molar-refractivity contribution < 1.29 is 4.79 Å². The lowest BCUT2D eigenvalue weighted by atomic mass is 10.0. The number of hydrogen-bond donors (Lipinski definition) is 1. The number of anilines is 1. The average Bonchev–Trinajstić information content (AvgIpc) is 2.81. The van der Waals surface area contributed by atoms with Gasteiger partial charge < -0.3 is 5.32 Å². The fourth-order valence-electron chi connectivity index (χ4n) is 2.19. The number of nitrogens with one attached hydrogen (secondary N) is 1. The Morgan fingerprint density at radius 1 is 1.29 bits per heavy atom. The summed E-state index contributed by atoms with van der Waals surface area (Å²) in [6.07, 6.45) is 1.84. The van der Waals surface area contributed by atoms with Crippen LogP contribution in [0.15, 0.2) is 24.3 Å². The van der Waals surface area contributed by atoms with E-state index in [2.05, 4.69) is 43.2 Å². The molecule has 4 heteroatoms. The van der Waals surface area contributed by atoms with Crippen LogP contribution in [0, 0.1) is 6.92 Å². The minimum absolute atomic E-state index is 0.0543. The molecule has 1 N–H and O–H groups in total. The van der Waals surface area contributed by atoms with Crippen LogP contribution < -0.4 is 5.32 Å². The van der Waals surface area contributed by atoms with E-state index in [1.807, 2.05) is 19.1 Å². The number of nitrogens with zero attached hydrogens (tertiary/aromatic N) is 1. The van der Waals surface area contributed by atoms with Crippen LogP contribution in [0.3, 0.4) is 0 Å². The Bertz CT molecular complexity index is 614. The number of carbonyl (C=O) groups excluding carboxylic acids is 1. The molecule has 112 valence electrons. The quantitative estimate of drug-likeness (QED) is 0.863. The smallest absolute Gasteiger partial charge is 0.267 e. The van der Waals surface area contributed by atoms with Gasteiger partial charge in [0, 0.05) is 5.69 Å². The summed E-state index contributed by atoms with van der Waals surface area (Å²) in [6, 6.07) is 8.04. The van der Waals surface area contributed by atoms with Crippen LogP contribution in [-0.2, 0) is 6.42 Å². The maximum absolute atomic E-state index is 12.4. The number of carbonyl (C=O) groups is 1. The zero-order chi connectivity index (χ0) is 15.4. The Morgan fingerprint density at radius 3 is 2.52 bits per heavy atom.